The maximum Gasteiger partial charge on any atom is 0.346 e. The summed E-state index contributed by atoms with van der Waals surface area (Å²) < 4.78 is 23.1. The highest BCUT2D eigenvalue weighted by Gasteiger charge is 2.37. The number of alkyl halides is 4. The molecule has 1 aromatic carbocycles. The Morgan fingerprint density at radius 1 is 0.933 bits per heavy atom. The lowest BCUT2D eigenvalue weighted by Gasteiger charge is -2.37. The maximum absolute atomic E-state index is 13.8. The standard InChI is InChI=1S/C18H27Cl4N2O4PS/c19-5-9-23(10-6-20)29(27,24(11-7-21)12-8-22)28-13-14-30-15-16-1-3-17(4-2-16)18(25)26/h1-4H,5-15H2,(H,25,26). The third-order valence-electron chi connectivity index (χ3n) is 4.04. The fourth-order valence-electron chi connectivity index (χ4n) is 2.61. The van der Waals surface area contributed by atoms with Crippen LogP contribution in [0.5, 0.6) is 0 Å². The van der Waals surface area contributed by atoms with Gasteiger partial charge in [0.15, 0.2) is 0 Å². The lowest BCUT2D eigenvalue weighted by atomic mass is 10.1. The van der Waals surface area contributed by atoms with Crippen LogP contribution < -0.4 is 0 Å². The van der Waals surface area contributed by atoms with Crippen molar-refractivity contribution < 1.29 is 19.0 Å². The van der Waals surface area contributed by atoms with Gasteiger partial charge in [-0.3, -0.25) is 4.57 Å². The molecule has 0 bridgehead atoms. The maximum atomic E-state index is 13.8. The summed E-state index contributed by atoms with van der Waals surface area (Å²) in [4.78, 5) is 10.9. The molecule has 0 aliphatic heterocycles. The van der Waals surface area contributed by atoms with Crippen LogP contribution in [0.15, 0.2) is 24.3 Å². The summed E-state index contributed by atoms with van der Waals surface area (Å²) in [7, 11) is -3.39. The zero-order chi connectivity index (χ0) is 22.4. The van der Waals surface area contributed by atoms with Crippen LogP contribution in [0.4, 0.5) is 0 Å². The summed E-state index contributed by atoms with van der Waals surface area (Å²) in [5, 5.41) is 8.95. The van der Waals surface area contributed by atoms with Crippen molar-refractivity contribution in [3.05, 3.63) is 35.4 Å². The van der Waals surface area contributed by atoms with Crippen LogP contribution in [0.3, 0.4) is 0 Å². The molecule has 1 rings (SSSR count). The lowest BCUT2D eigenvalue weighted by Crippen LogP contribution is -2.37. The van der Waals surface area contributed by atoms with Gasteiger partial charge in [0.1, 0.15) is 0 Å². The SMILES string of the molecule is O=C(O)c1ccc(CSCCOP(=O)(N(CCCl)CCCl)N(CCCl)CCCl)cc1. The van der Waals surface area contributed by atoms with Gasteiger partial charge in [0.25, 0.3) is 0 Å². The van der Waals surface area contributed by atoms with Gasteiger partial charge in [-0.1, -0.05) is 12.1 Å². The quantitative estimate of drug-likeness (QED) is 0.163. The van der Waals surface area contributed by atoms with E-state index in [0.717, 1.165) is 5.56 Å². The molecule has 0 saturated carbocycles. The largest absolute Gasteiger partial charge is 0.478 e. The van der Waals surface area contributed by atoms with Crippen molar-refractivity contribution in [3.63, 3.8) is 0 Å². The second kappa shape index (κ2) is 16.0. The van der Waals surface area contributed by atoms with Crippen LogP contribution in [-0.2, 0) is 14.8 Å². The Labute approximate surface area is 202 Å². The Balaban J connectivity index is 2.71. The van der Waals surface area contributed by atoms with Gasteiger partial charge in [-0.05, 0) is 17.7 Å². The van der Waals surface area contributed by atoms with Gasteiger partial charge in [0.2, 0.25) is 0 Å². The van der Waals surface area contributed by atoms with Crippen LogP contribution in [0, 0.1) is 0 Å². The number of carboxylic acids is 1. The summed E-state index contributed by atoms with van der Waals surface area (Å²) in [6, 6.07) is 6.73. The first-order valence-electron chi connectivity index (χ1n) is 9.32. The number of hydrogen-bond acceptors (Lipinski definition) is 4. The van der Waals surface area contributed by atoms with Crippen LogP contribution in [-0.4, -0.2) is 82.5 Å². The fourth-order valence-corrected chi connectivity index (χ4v) is 7.22. The summed E-state index contributed by atoms with van der Waals surface area (Å²) in [5.74, 6) is 1.52. The fraction of sp³-hybridized carbons (Fsp3) is 0.611. The molecule has 0 unspecified atom stereocenters. The number of rotatable bonds is 17. The van der Waals surface area contributed by atoms with E-state index in [2.05, 4.69) is 0 Å². The Morgan fingerprint density at radius 2 is 1.40 bits per heavy atom. The van der Waals surface area contributed by atoms with Crippen molar-refractivity contribution in [2.45, 2.75) is 5.75 Å². The lowest BCUT2D eigenvalue weighted by molar-refractivity contribution is 0.0697. The number of aromatic carboxylic acids is 1. The minimum atomic E-state index is -3.39. The van der Waals surface area contributed by atoms with Gasteiger partial charge >= 0.3 is 13.6 Å². The summed E-state index contributed by atoms with van der Waals surface area (Å²) in [5.41, 5.74) is 1.26. The topological polar surface area (TPSA) is 70.1 Å². The molecule has 0 saturated heterocycles. The van der Waals surface area contributed by atoms with Crippen molar-refractivity contribution in [1.82, 2.24) is 9.34 Å². The van der Waals surface area contributed by atoms with Crippen molar-refractivity contribution >= 4 is 71.8 Å². The molecule has 12 heteroatoms. The van der Waals surface area contributed by atoms with Crippen LogP contribution in [0.2, 0.25) is 0 Å². The smallest absolute Gasteiger partial charge is 0.346 e. The van der Waals surface area contributed by atoms with E-state index in [9.17, 15) is 9.36 Å². The third-order valence-corrected chi connectivity index (χ3v) is 8.46. The number of hydrogen-bond donors (Lipinski definition) is 1. The van der Waals surface area contributed by atoms with Crippen molar-refractivity contribution in [2.75, 3.05) is 62.1 Å². The molecule has 0 spiro atoms. The highest BCUT2D eigenvalue weighted by Crippen LogP contribution is 2.54. The van der Waals surface area contributed by atoms with Crippen molar-refractivity contribution in [3.8, 4) is 0 Å². The van der Waals surface area contributed by atoms with Gasteiger partial charge in [-0.2, -0.15) is 11.8 Å². The summed E-state index contributed by atoms with van der Waals surface area (Å²) in [6.07, 6.45) is 0. The molecule has 0 fully saturated rings. The Hall–Kier alpha value is 0.310. The second-order valence-corrected chi connectivity index (χ2v) is 11.0. The molecule has 1 aromatic rings. The minimum absolute atomic E-state index is 0.255. The highest BCUT2D eigenvalue weighted by atomic mass is 35.5. The normalized spacial score (nSPS) is 12.1. The predicted molar refractivity (Wildman–Crippen MR) is 129 cm³/mol. The molecule has 0 amide bonds. The van der Waals surface area contributed by atoms with E-state index in [1.54, 1.807) is 45.4 Å². The van der Waals surface area contributed by atoms with Gasteiger partial charge < -0.3 is 9.63 Å². The molecule has 30 heavy (non-hydrogen) atoms. The molecule has 1 N–H and O–H groups in total. The number of nitrogens with zero attached hydrogens (tertiary/aromatic N) is 2. The molecule has 0 aliphatic carbocycles. The third kappa shape index (κ3) is 9.43. The zero-order valence-electron chi connectivity index (χ0n) is 16.5. The average molecular weight is 540 g/mol. The van der Waals surface area contributed by atoms with E-state index >= 15 is 0 Å². The van der Waals surface area contributed by atoms with Gasteiger partial charge in [0, 0.05) is 61.2 Å². The van der Waals surface area contributed by atoms with Crippen molar-refractivity contribution in [2.24, 2.45) is 0 Å². The Bertz CT molecular complexity index is 640. The van der Waals surface area contributed by atoms with E-state index in [1.807, 2.05) is 0 Å². The van der Waals surface area contributed by atoms with Crippen LogP contribution in [0.25, 0.3) is 0 Å². The van der Waals surface area contributed by atoms with E-state index < -0.39 is 13.6 Å². The molecule has 172 valence electrons. The summed E-state index contributed by atoms with van der Waals surface area (Å²) >= 11 is 25.2. The molecular formula is C18H27Cl4N2O4PS. The van der Waals surface area contributed by atoms with Gasteiger partial charge in [-0.15, -0.1) is 46.4 Å². The van der Waals surface area contributed by atoms with E-state index in [-0.39, 0.29) is 12.2 Å². The number of benzene rings is 1. The summed E-state index contributed by atoms with van der Waals surface area (Å²) in [6.45, 7) is 1.74. The molecule has 0 atom stereocenters. The first kappa shape index (κ1) is 28.3. The number of halogens is 4. The minimum Gasteiger partial charge on any atom is -0.478 e. The van der Waals surface area contributed by atoms with Crippen LogP contribution >= 0.6 is 65.8 Å². The molecule has 0 radical (unpaired) electrons. The van der Waals surface area contributed by atoms with E-state index in [0.29, 0.717) is 61.2 Å². The Morgan fingerprint density at radius 3 is 1.80 bits per heavy atom. The van der Waals surface area contributed by atoms with Gasteiger partial charge in [0.05, 0.1) is 12.2 Å². The molecule has 0 aromatic heterocycles. The average Bonchev–Trinajstić information content (AvgIpc) is 2.73. The number of carboxylic acid groups (broad SMARTS) is 1. The molecule has 0 aliphatic rings. The Kier molecular flexibility index (Phi) is 15.1. The zero-order valence-corrected chi connectivity index (χ0v) is 21.3. The van der Waals surface area contributed by atoms with E-state index in [4.69, 9.17) is 56.0 Å². The highest BCUT2D eigenvalue weighted by molar-refractivity contribution is 7.98. The second-order valence-electron chi connectivity index (χ2n) is 6.04. The predicted octanol–water partition coefficient (Wildman–Crippen LogP) is 5.30. The number of thioether (sulfide) groups is 1. The first-order chi connectivity index (χ1) is 14.4. The monoisotopic (exact) mass is 538 g/mol. The molecule has 0 heterocycles. The number of carbonyl (C=O) groups is 1. The molecular weight excluding hydrogens is 513 g/mol. The van der Waals surface area contributed by atoms with Gasteiger partial charge in [-0.25, -0.2) is 14.1 Å². The van der Waals surface area contributed by atoms with Crippen LogP contribution in [0.1, 0.15) is 15.9 Å². The first-order valence-corrected chi connectivity index (χ1v) is 14.1. The van der Waals surface area contributed by atoms with Crippen molar-refractivity contribution in [1.29, 1.82) is 0 Å². The molecule has 6 nitrogen and oxygen atoms in total. The van der Waals surface area contributed by atoms with E-state index in [1.165, 1.54) is 0 Å².